The van der Waals surface area contributed by atoms with Crippen LogP contribution < -0.4 is 4.74 Å². The van der Waals surface area contributed by atoms with E-state index in [1.807, 2.05) is 13.0 Å². The van der Waals surface area contributed by atoms with E-state index in [2.05, 4.69) is 13.2 Å². The molecule has 66 valence electrons. The normalized spacial score (nSPS) is 8.08. The van der Waals surface area contributed by atoms with Crippen LogP contribution >= 0.6 is 0 Å². The van der Waals surface area contributed by atoms with Gasteiger partial charge < -0.3 is 9.84 Å². The molecule has 0 aromatic heterocycles. The third-order valence-electron chi connectivity index (χ3n) is 1.13. The molecule has 0 radical (unpaired) electrons. The van der Waals surface area contributed by atoms with Crippen molar-refractivity contribution in [2.24, 2.45) is 0 Å². The van der Waals surface area contributed by atoms with Gasteiger partial charge in [0, 0.05) is 6.07 Å². The Labute approximate surface area is 73.1 Å². The largest absolute Gasteiger partial charge is 0.508 e. The van der Waals surface area contributed by atoms with E-state index in [0.717, 1.165) is 0 Å². The van der Waals surface area contributed by atoms with Crippen LogP contribution in [0.1, 0.15) is 6.92 Å². The van der Waals surface area contributed by atoms with Crippen molar-refractivity contribution in [3.05, 3.63) is 37.4 Å². The fourth-order valence-electron chi connectivity index (χ4n) is 0.740. The van der Waals surface area contributed by atoms with Crippen LogP contribution in [0.15, 0.2) is 37.4 Å². The number of benzene rings is 1. The number of aromatic hydroxyl groups is 1. The molecule has 0 aliphatic rings. The van der Waals surface area contributed by atoms with Crippen LogP contribution in [0.3, 0.4) is 0 Å². The highest BCUT2D eigenvalue weighted by Gasteiger charge is 1.90. The molecule has 2 nitrogen and oxygen atoms in total. The maximum Gasteiger partial charge on any atom is 0.122 e. The fourth-order valence-corrected chi connectivity index (χ4v) is 0.740. The Bertz CT molecular complexity index is 221. The number of rotatable bonds is 2. The van der Waals surface area contributed by atoms with Crippen molar-refractivity contribution in [3.63, 3.8) is 0 Å². The van der Waals surface area contributed by atoms with E-state index in [0.29, 0.717) is 12.4 Å². The van der Waals surface area contributed by atoms with Gasteiger partial charge in [-0.25, -0.2) is 0 Å². The summed E-state index contributed by atoms with van der Waals surface area (Å²) in [5.41, 5.74) is 0. The molecule has 0 atom stereocenters. The van der Waals surface area contributed by atoms with Crippen molar-refractivity contribution >= 4 is 0 Å². The highest BCUT2D eigenvalue weighted by atomic mass is 16.5. The minimum atomic E-state index is 0.242. The lowest BCUT2D eigenvalue weighted by molar-refractivity contribution is 0.337. The zero-order valence-corrected chi connectivity index (χ0v) is 7.29. The molecule has 1 aromatic rings. The second-order valence-electron chi connectivity index (χ2n) is 1.93. The summed E-state index contributed by atoms with van der Waals surface area (Å²) in [7, 11) is 0. The maximum atomic E-state index is 8.96. The van der Waals surface area contributed by atoms with Crippen LogP contribution in [-0.4, -0.2) is 11.7 Å². The Morgan fingerprint density at radius 1 is 1.42 bits per heavy atom. The monoisotopic (exact) mass is 166 g/mol. The molecule has 0 aliphatic heterocycles. The van der Waals surface area contributed by atoms with Gasteiger partial charge in [0.2, 0.25) is 0 Å². The summed E-state index contributed by atoms with van der Waals surface area (Å²) >= 11 is 0. The first-order valence-electron chi connectivity index (χ1n) is 3.74. The molecule has 0 unspecified atom stereocenters. The lowest BCUT2D eigenvalue weighted by Crippen LogP contribution is -1.89. The van der Waals surface area contributed by atoms with Gasteiger partial charge in [0.05, 0.1) is 6.61 Å². The molecule has 0 heterocycles. The van der Waals surface area contributed by atoms with E-state index < -0.39 is 0 Å². The molecule has 0 fully saturated rings. The SMILES string of the molecule is C=C.CCOc1cccc(O)c1. The van der Waals surface area contributed by atoms with Crippen molar-refractivity contribution in [2.75, 3.05) is 6.61 Å². The van der Waals surface area contributed by atoms with Gasteiger partial charge in [-0.2, -0.15) is 0 Å². The van der Waals surface area contributed by atoms with Gasteiger partial charge in [0.25, 0.3) is 0 Å². The van der Waals surface area contributed by atoms with Gasteiger partial charge in [0.15, 0.2) is 0 Å². The first-order valence-corrected chi connectivity index (χ1v) is 3.74. The summed E-state index contributed by atoms with van der Waals surface area (Å²) in [6, 6.07) is 6.76. The van der Waals surface area contributed by atoms with E-state index in [1.54, 1.807) is 18.2 Å². The average molecular weight is 166 g/mol. The summed E-state index contributed by atoms with van der Waals surface area (Å²) in [4.78, 5) is 0. The van der Waals surface area contributed by atoms with Crippen LogP contribution in [0, 0.1) is 0 Å². The van der Waals surface area contributed by atoms with Crippen LogP contribution in [-0.2, 0) is 0 Å². The lowest BCUT2D eigenvalue weighted by atomic mass is 10.3. The number of phenolic OH excluding ortho intramolecular Hbond substituents is 1. The average Bonchev–Trinajstić information content (AvgIpc) is 2.09. The molecule has 1 rings (SSSR count). The molecule has 0 saturated carbocycles. The number of phenols is 1. The zero-order chi connectivity index (χ0) is 9.40. The summed E-state index contributed by atoms with van der Waals surface area (Å²) in [5, 5.41) is 8.96. The molecule has 2 heteroatoms. The molecule has 0 saturated heterocycles. The van der Waals surface area contributed by atoms with Crippen molar-refractivity contribution in [2.45, 2.75) is 6.92 Å². The van der Waals surface area contributed by atoms with E-state index in [9.17, 15) is 0 Å². The molecule has 0 aliphatic carbocycles. The highest BCUT2D eigenvalue weighted by molar-refractivity contribution is 5.31. The quantitative estimate of drug-likeness (QED) is 0.684. The molecule has 0 spiro atoms. The molecule has 0 bridgehead atoms. The fraction of sp³-hybridized carbons (Fsp3) is 0.200. The molecular weight excluding hydrogens is 152 g/mol. The zero-order valence-electron chi connectivity index (χ0n) is 7.29. The van der Waals surface area contributed by atoms with Crippen molar-refractivity contribution in [1.29, 1.82) is 0 Å². The van der Waals surface area contributed by atoms with Crippen molar-refractivity contribution in [3.8, 4) is 11.5 Å². The summed E-state index contributed by atoms with van der Waals surface area (Å²) in [6.07, 6.45) is 0. The van der Waals surface area contributed by atoms with Crippen LogP contribution in [0.5, 0.6) is 11.5 Å². The van der Waals surface area contributed by atoms with Gasteiger partial charge in [0.1, 0.15) is 11.5 Å². The number of hydrogen-bond acceptors (Lipinski definition) is 2. The van der Waals surface area contributed by atoms with Gasteiger partial charge in [-0.1, -0.05) is 6.07 Å². The van der Waals surface area contributed by atoms with E-state index >= 15 is 0 Å². The van der Waals surface area contributed by atoms with E-state index in [-0.39, 0.29) is 5.75 Å². The van der Waals surface area contributed by atoms with Gasteiger partial charge in [-0.15, -0.1) is 13.2 Å². The van der Waals surface area contributed by atoms with E-state index in [1.165, 1.54) is 0 Å². The van der Waals surface area contributed by atoms with Crippen LogP contribution in [0.25, 0.3) is 0 Å². The Kier molecular flexibility index (Phi) is 5.53. The molecular formula is C10H14O2. The second kappa shape index (κ2) is 6.28. The molecule has 0 amide bonds. The van der Waals surface area contributed by atoms with Crippen LogP contribution in [0.2, 0.25) is 0 Å². The van der Waals surface area contributed by atoms with Crippen molar-refractivity contribution in [1.82, 2.24) is 0 Å². The van der Waals surface area contributed by atoms with Crippen molar-refractivity contribution < 1.29 is 9.84 Å². The maximum absolute atomic E-state index is 8.96. The Morgan fingerprint density at radius 2 is 2.08 bits per heavy atom. The smallest absolute Gasteiger partial charge is 0.122 e. The Balaban J connectivity index is 0.000000561. The first-order chi connectivity index (χ1) is 5.83. The first kappa shape index (κ1) is 10.6. The number of hydrogen-bond donors (Lipinski definition) is 1. The van der Waals surface area contributed by atoms with Crippen LogP contribution in [0.4, 0.5) is 0 Å². The Morgan fingerprint density at radius 3 is 2.58 bits per heavy atom. The predicted molar refractivity (Wildman–Crippen MR) is 50.5 cm³/mol. The molecule has 1 aromatic carbocycles. The summed E-state index contributed by atoms with van der Waals surface area (Å²) in [6.45, 7) is 8.54. The summed E-state index contributed by atoms with van der Waals surface area (Å²) < 4.78 is 5.13. The topological polar surface area (TPSA) is 29.5 Å². The number of ether oxygens (including phenoxy) is 1. The minimum absolute atomic E-state index is 0.242. The van der Waals surface area contributed by atoms with Gasteiger partial charge in [-0.05, 0) is 19.1 Å². The minimum Gasteiger partial charge on any atom is -0.508 e. The summed E-state index contributed by atoms with van der Waals surface area (Å²) in [5.74, 6) is 0.952. The molecule has 12 heavy (non-hydrogen) atoms. The third kappa shape index (κ3) is 3.66. The second-order valence-corrected chi connectivity index (χ2v) is 1.93. The van der Waals surface area contributed by atoms with Gasteiger partial charge >= 0.3 is 0 Å². The highest BCUT2D eigenvalue weighted by Crippen LogP contribution is 2.16. The van der Waals surface area contributed by atoms with Gasteiger partial charge in [-0.3, -0.25) is 0 Å². The molecule has 1 N–H and O–H groups in total. The Hall–Kier alpha value is -1.44. The lowest BCUT2D eigenvalue weighted by Gasteiger charge is -2.01. The predicted octanol–water partition coefficient (Wildman–Crippen LogP) is 2.59. The standard InChI is InChI=1S/C8H10O2.C2H4/c1-2-10-8-5-3-4-7(9)6-8;1-2/h3-6,9H,2H2,1H3;1-2H2. The van der Waals surface area contributed by atoms with E-state index in [4.69, 9.17) is 9.84 Å². The third-order valence-corrected chi connectivity index (χ3v) is 1.13.